The second-order valence-electron chi connectivity index (χ2n) is 3.03. The van der Waals surface area contributed by atoms with E-state index in [-0.39, 0.29) is 25.4 Å². The molecule has 0 aliphatic heterocycles. The second-order valence-corrected chi connectivity index (χ2v) is 3.03. The molecule has 0 bridgehead atoms. The van der Waals surface area contributed by atoms with E-state index in [4.69, 9.17) is 10.2 Å². The maximum Gasteiger partial charge on any atom is 0.323 e. The predicted molar refractivity (Wildman–Crippen MR) is 55.0 cm³/mol. The Labute approximate surface area is 87.2 Å². The molecule has 1 aromatic carbocycles. The number of aliphatic carboxylic acids is 1. The SMILES string of the molecule is O=C(O)CN(CCO)c1ccccc1O. The van der Waals surface area contributed by atoms with Crippen LogP contribution in [0.15, 0.2) is 24.3 Å². The average Bonchev–Trinajstić information content (AvgIpc) is 2.17. The highest BCUT2D eigenvalue weighted by molar-refractivity contribution is 5.75. The van der Waals surface area contributed by atoms with E-state index in [0.29, 0.717) is 5.69 Å². The van der Waals surface area contributed by atoms with Gasteiger partial charge in [-0.25, -0.2) is 0 Å². The number of para-hydroxylation sites is 2. The van der Waals surface area contributed by atoms with Gasteiger partial charge in [0.1, 0.15) is 12.3 Å². The minimum absolute atomic E-state index is 0.00667. The van der Waals surface area contributed by atoms with Gasteiger partial charge in [0.15, 0.2) is 0 Å². The van der Waals surface area contributed by atoms with E-state index in [1.165, 1.54) is 11.0 Å². The van der Waals surface area contributed by atoms with Gasteiger partial charge in [0.25, 0.3) is 0 Å². The lowest BCUT2D eigenvalue weighted by atomic mass is 10.2. The molecule has 0 aromatic heterocycles. The van der Waals surface area contributed by atoms with Gasteiger partial charge in [0.05, 0.1) is 12.3 Å². The maximum atomic E-state index is 10.6. The van der Waals surface area contributed by atoms with E-state index >= 15 is 0 Å². The maximum absolute atomic E-state index is 10.6. The van der Waals surface area contributed by atoms with Crippen molar-refractivity contribution in [1.29, 1.82) is 0 Å². The molecule has 0 aliphatic carbocycles. The number of phenolic OH excluding ortho intramolecular Hbond substituents is 1. The Morgan fingerprint density at radius 3 is 2.53 bits per heavy atom. The molecule has 0 aliphatic rings. The minimum atomic E-state index is -1.01. The van der Waals surface area contributed by atoms with Crippen molar-refractivity contribution in [2.24, 2.45) is 0 Å². The first kappa shape index (κ1) is 11.3. The van der Waals surface area contributed by atoms with Crippen LogP contribution in [0.2, 0.25) is 0 Å². The number of anilines is 1. The molecule has 0 heterocycles. The molecule has 5 nitrogen and oxygen atoms in total. The largest absolute Gasteiger partial charge is 0.506 e. The summed E-state index contributed by atoms with van der Waals surface area (Å²) in [7, 11) is 0. The zero-order valence-electron chi connectivity index (χ0n) is 8.13. The summed E-state index contributed by atoms with van der Waals surface area (Å²) >= 11 is 0. The molecule has 5 heteroatoms. The van der Waals surface area contributed by atoms with Gasteiger partial charge in [0.2, 0.25) is 0 Å². The lowest BCUT2D eigenvalue weighted by molar-refractivity contribution is -0.135. The van der Waals surface area contributed by atoms with Crippen LogP contribution in [0, 0.1) is 0 Å². The Bertz CT molecular complexity index is 340. The van der Waals surface area contributed by atoms with E-state index in [1.54, 1.807) is 18.2 Å². The van der Waals surface area contributed by atoms with Crippen molar-refractivity contribution in [2.45, 2.75) is 0 Å². The van der Waals surface area contributed by atoms with Crippen LogP contribution in [-0.4, -0.2) is 41.0 Å². The van der Waals surface area contributed by atoms with Gasteiger partial charge < -0.3 is 20.2 Å². The lowest BCUT2D eigenvalue weighted by Crippen LogP contribution is -2.32. The lowest BCUT2D eigenvalue weighted by Gasteiger charge is -2.22. The molecule has 1 rings (SSSR count). The normalized spacial score (nSPS) is 9.93. The molecule has 82 valence electrons. The van der Waals surface area contributed by atoms with Gasteiger partial charge in [-0.2, -0.15) is 0 Å². The van der Waals surface area contributed by atoms with Crippen molar-refractivity contribution in [3.8, 4) is 5.75 Å². The average molecular weight is 211 g/mol. The summed E-state index contributed by atoms with van der Waals surface area (Å²) in [6.45, 7) is -0.246. The third kappa shape index (κ3) is 3.14. The Morgan fingerprint density at radius 2 is 2.00 bits per heavy atom. The summed E-state index contributed by atoms with van der Waals surface area (Å²) < 4.78 is 0. The number of rotatable bonds is 5. The first-order valence-corrected chi connectivity index (χ1v) is 4.50. The summed E-state index contributed by atoms with van der Waals surface area (Å²) in [6.07, 6.45) is 0. The molecule has 3 N–H and O–H groups in total. The number of hydrogen-bond donors (Lipinski definition) is 3. The molecule has 15 heavy (non-hydrogen) atoms. The summed E-state index contributed by atoms with van der Waals surface area (Å²) in [5.41, 5.74) is 0.411. The number of carboxylic acid groups (broad SMARTS) is 1. The van der Waals surface area contributed by atoms with Gasteiger partial charge in [-0.1, -0.05) is 12.1 Å². The first-order chi connectivity index (χ1) is 7.15. The third-order valence-corrected chi connectivity index (χ3v) is 1.92. The van der Waals surface area contributed by atoms with Gasteiger partial charge in [-0.05, 0) is 12.1 Å². The second kappa shape index (κ2) is 5.21. The van der Waals surface area contributed by atoms with Crippen molar-refractivity contribution in [3.05, 3.63) is 24.3 Å². The molecule has 0 unspecified atom stereocenters. The fourth-order valence-corrected chi connectivity index (χ4v) is 1.30. The van der Waals surface area contributed by atoms with E-state index in [1.807, 2.05) is 0 Å². The monoisotopic (exact) mass is 211 g/mol. The van der Waals surface area contributed by atoms with E-state index < -0.39 is 5.97 Å². The molecule has 0 atom stereocenters. The topological polar surface area (TPSA) is 81.0 Å². The number of phenols is 1. The van der Waals surface area contributed by atoms with E-state index in [2.05, 4.69) is 0 Å². The molecule has 0 saturated carbocycles. The van der Waals surface area contributed by atoms with Crippen LogP contribution < -0.4 is 4.90 Å². The van der Waals surface area contributed by atoms with Crippen molar-refractivity contribution >= 4 is 11.7 Å². The smallest absolute Gasteiger partial charge is 0.323 e. The molecular weight excluding hydrogens is 198 g/mol. The highest BCUT2D eigenvalue weighted by Gasteiger charge is 2.12. The number of aliphatic hydroxyl groups is 1. The highest BCUT2D eigenvalue weighted by Crippen LogP contribution is 2.25. The number of hydrogen-bond acceptors (Lipinski definition) is 4. The van der Waals surface area contributed by atoms with Crippen LogP contribution in [0.25, 0.3) is 0 Å². The number of carboxylic acids is 1. The first-order valence-electron chi connectivity index (χ1n) is 4.50. The molecular formula is C10H13NO4. The molecule has 0 saturated heterocycles. The van der Waals surface area contributed by atoms with Crippen molar-refractivity contribution in [2.75, 3.05) is 24.6 Å². The standard InChI is InChI=1S/C10H13NO4/c12-6-5-11(7-10(14)15)8-3-1-2-4-9(8)13/h1-4,12-13H,5-7H2,(H,14,15). The summed E-state index contributed by atoms with van der Waals surface area (Å²) in [4.78, 5) is 12.0. The van der Waals surface area contributed by atoms with Crippen LogP contribution in [0.4, 0.5) is 5.69 Å². The number of aromatic hydroxyl groups is 1. The Hall–Kier alpha value is -1.75. The zero-order chi connectivity index (χ0) is 11.3. The zero-order valence-corrected chi connectivity index (χ0v) is 8.13. The van der Waals surface area contributed by atoms with Gasteiger partial charge in [-0.3, -0.25) is 4.79 Å². The summed E-state index contributed by atoms with van der Waals surface area (Å²) in [5, 5.41) is 26.9. The number of nitrogens with zero attached hydrogens (tertiary/aromatic N) is 1. The van der Waals surface area contributed by atoms with Crippen molar-refractivity contribution < 1.29 is 20.1 Å². The summed E-state index contributed by atoms with van der Waals surface area (Å²) in [6, 6.07) is 6.42. The minimum Gasteiger partial charge on any atom is -0.506 e. The van der Waals surface area contributed by atoms with Crippen LogP contribution >= 0.6 is 0 Å². The Balaban J connectivity index is 2.88. The molecule has 0 spiro atoms. The van der Waals surface area contributed by atoms with Crippen LogP contribution in [0.1, 0.15) is 0 Å². The highest BCUT2D eigenvalue weighted by atomic mass is 16.4. The van der Waals surface area contributed by atoms with E-state index in [0.717, 1.165) is 0 Å². The number of aliphatic hydroxyl groups excluding tert-OH is 1. The van der Waals surface area contributed by atoms with Crippen molar-refractivity contribution in [3.63, 3.8) is 0 Å². The van der Waals surface area contributed by atoms with E-state index in [9.17, 15) is 9.90 Å². The number of benzene rings is 1. The van der Waals surface area contributed by atoms with Crippen LogP contribution in [-0.2, 0) is 4.79 Å². The number of carbonyl (C=O) groups is 1. The Morgan fingerprint density at radius 1 is 1.33 bits per heavy atom. The van der Waals surface area contributed by atoms with Crippen molar-refractivity contribution in [1.82, 2.24) is 0 Å². The fraction of sp³-hybridized carbons (Fsp3) is 0.300. The molecule has 0 fully saturated rings. The van der Waals surface area contributed by atoms with Gasteiger partial charge in [-0.15, -0.1) is 0 Å². The molecule has 1 aromatic rings. The predicted octanol–water partition coefficient (Wildman–Crippen LogP) is 0.275. The van der Waals surface area contributed by atoms with Crippen LogP contribution in [0.3, 0.4) is 0 Å². The van der Waals surface area contributed by atoms with Gasteiger partial charge in [0, 0.05) is 6.54 Å². The fourth-order valence-electron chi connectivity index (χ4n) is 1.30. The Kier molecular flexibility index (Phi) is 3.93. The quantitative estimate of drug-likeness (QED) is 0.651. The van der Waals surface area contributed by atoms with Gasteiger partial charge >= 0.3 is 5.97 Å². The van der Waals surface area contributed by atoms with Crippen LogP contribution in [0.5, 0.6) is 5.75 Å². The molecule has 0 radical (unpaired) electrons. The third-order valence-electron chi connectivity index (χ3n) is 1.92. The summed E-state index contributed by atoms with van der Waals surface area (Å²) in [5.74, 6) is -1.00. The molecule has 0 amide bonds.